The molecule has 0 aliphatic carbocycles. The number of carbonyl (C=O) groups is 1. The van der Waals surface area contributed by atoms with Gasteiger partial charge in [0.1, 0.15) is 0 Å². The molecule has 0 saturated carbocycles. The summed E-state index contributed by atoms with van der Waals surface area (Å²) in [5.74, 6) is -0.311. The molecule has 1 amide bonds. The second kappa shape index (κ2) is 8.65. The second-order valence-corrected chi connectivity index (χ2v) is 8.39. The molecule has 0 radical (unpaired) electrons. The maximum atomic E-state index is 12.5. The van der Waals surface area contributed by atoms with Crippen LogP contribution in [0.25, 0.3) is 0 Å². The van der Waals surface area contributed by atoms with Crippen LogP contribution in [0.4, 0.5) is 0 Å². The summed E-state index contributed by atoms with van der Waals surface area (Å²) in [6, 6.07) is 13.8. The summed E-state index contributed by atoms with van der Waals surface area (Å²) in [5, 5.41) is 2.84. The summed E-state index contributed by atoms with van der Waals surface area (Å²) in [6.45, 7) is 3.28. The van der Waals surface area contributed by atoms with E-state index in [0.717, 1.165) is 24.0 Å². The molecule has 0 bridgehead atoms. The lowest BCUT2D eigenvalue weighted by Gasteiger charge is -2.12. The predicted octanol–water partition coefficient (Wildman–Crippen LogP) is 2.38. The van der Waals surface area contributed by atoms with E-state index >= 15 is 0 Å². The van der Waals surface area contributed by atoms with Gasteiger partial charge in [0.05, 0.1) is 11.0 Å². The Kier molecular flexibility index (Phi) is 6.26. The van der Waals surface area contributed by atoms with Crippen molar-refractivity contribution >= 4 is 15.9 Å². The van der Waals surface area contributed by atoms with Crippen molar-refractivity contribution in [1.29, 1.82) is 0 Å². The molecule has 1 atom stereocenters. The maximum Gasteiger partial charge on any atom is 0.251 e. The molecule has 6 nitrogen and oxygen atoms in total. The van der Waals surface area contributed by atoms with Gasteiger partial charge in [-0.3, -0.25) is 4.79 Å². The molecule has 1 saturated heterocycles. The van der Waals surface area contributed by atoms with Crippen molar-refractivity contribution in [1.82, 2.24) is 10.0 Å². The van der Waals surface area contributed by atoms with E-state index in [9.17, 15) is 13.2 Å². The Morgan fingerprint density at radius 1 is 1.19 bits per heavy atom. The highest BCUT2D eigenvalue weighted by Gasteiger charge is 2.21. The zero-order chi connectivity index (χ0) is 19.3. The Balaban J connectivity index is 1.65. The van der Waals surface area contributed by atoms with Crippen molar-refractivity contribution < 1.29 is 17.9 Å². The zero-order valence-electron chi connectivity index (χ0n) is 15.3. The van der Waals surface area contributed by atoms with Crippen LogP contribution in [-0.2, 0) is 21.3 Å². The summed E-state index contributed by atoms with van der Waals surface area (Å²) >= 11 is 0. The van der Waals surface area contributed by atoms with Crippen LogP contribution < -0.4 is 10.0 Å². The first-order valence-corrected chi connectivity index (χ1v) is 10.5. The highest BCUT2D eigenvalue weighted by Crippen LogP contribution is 2.15. The molecule has 7 heteroatoms. The van der Waals surface area contributed by atoms with E-state index in [1.807, 2.05) is 31.2 Å². The normalized spacial score (nSPS) is 17.0. The quantitative estimate of drug-likeness (QED) is 0.763. The first-order valence-electron chi connectivity index (χ1n) is 9.00. The zero-order valence-corrected chi connectivity index (χ0v) is 16.1. The molecule has 3 rings (SSSR count). The Morgan fingerprint density at radius 2 is 2.00 bits per heavy atom. The topological polar surface area (TPSA) is 84.5 Å². The number of hydrogen-bond acceptors (Lipinski definition) is 4. The predicted molar refractivity (Wildman–Crippen MR) is 103 cm³/mol. The van der Waals surface area contributed by atoms with Gasteiger partial charge in [-0.1, -0.05) is 30.3 Å². The van der Waals surface area contributed by atoms with Crippen LogP contribution in [0.2, 0.25) is 0 Å². The third kappa shape index (κ3) is 5.15. The summed E-state index contributed by atoms with van der Waals surface area (Å²) in [4.78, 5) is 12.5. The van der Waals surface area contributed by atoms with Crippen LogP contribution in [0.1, 0.15) is 34.3 Å². The van der Waals surface area contributed by atoms with Gasteiger partial charge in [0, 0.05) is 25.3 Å². The lowest BCUT2D eigenvalue weighted by Crippen LogP contribution is -2.32. The van der Waals surface area contributed by atoms with Crippen LogP contribution >= 0.6 is 0 Å². The van der Waals surface area contributed by atoms with Gasteiger partial charge < -0.3 is 10.1 Å². The van der Waals surface area contributed by atoms with E-state index in [1.54, 1.807) is 12.1 Å². The number of benzene rings is 2. The molecule has 2 aromatic rings. The molecule has 144 valence electrons. The number of carbonyl (C=O) groups excluding carboxylic acids is 1. The van der Waals surface area contributed by atoms with Gasteiger partial charge >= 0.3 is 0 Å². The Bertz CT molecular complexity index is 906. The minimum absolute atomic E-state index is 0.0732. The van der Waals surface area contributed by atoms with Crippen LogP contribution in [-0.4, -0.2) is 33.6 Å². The van der Waals surface area contributed by atoms with E-state index < -0.39 is 10.0 Å². The number of sulfonamides is 1. The molecule has 1 fully saturated rings. The Labute approximate surface area is 160 Å². The maximum absolute atomic E-state index is 12.5. The van der Waals surface area contributed by atoms with E-state index in [1.165, 1.54) is 12.1 Å². The molecule has 27 heavy (non-hydrogen) atoms. The average Bonchev–Trinajstić information content (AvgIpc) is 3.19. The molecule has 1 aliphatic rings. The molecule has 1 unspecified atom stereocenters. The van der Waals surface area contributed by atoms with Crippen molar-refractivity contribution in [3.05, 3.63) is 65.2 Å². The number of nitrogens with one attached hydrogen (secondary N) is 2. The molecule has 2 N–H and O–H groups in total. The molecule has 1 aliphatic heterocycles. The highest BCUT2D eigenvalue weighted by atomic mass is 32.2. The van der Waals surface area contributed by atoms with Gasteiger partial charge in [0.15, 0.2) is 0 Å². The van der Waals surface area contributed by atoms with Crippen molar-refractivity contribution in [2.45, 2.75) is 37.3 Å². The lowest BCUT2D eigenvalue weighted by molar-refractivity contribution is 0.0950. The van der Waals surface area contributed by atoms with Gasteiger partial charge in [0.25, 0.3) is 5.91 Å². The van der Waals surface area contributed by atoms with E-state index in [0.29, 0.717) is 18.7 Å². The van der Waals surface area contributed by atoms with Crippen LogP contribution in [0.5, 0.6) is 0 Å². The number of ether oxygens (including phenoxy) is 1. The van der Waals surface area contributed by atoms with Gasteiger partial charge in [-0.25, -0.2) is 13.1 Å². The van der Waals surface area contributed by atoms with Crippen molar-refractivity contribution in [3.8, 4) is 0 Å². The minimum Gasteiger partial charge on any atom is -0.377 e. The lowest BCUT2D eigenvalue weighted by atomic mass is 10.1. The van der Waals surface area contributed by atoms with Crippen LogP contribution in [0.15, 0.2) is 53.4 Å². The van der Waals surface area contributed by atoms with Crippen molar-refractivity contribution in [3.63, 3.8) is 0 Å². The minimum atomic E-state index is -3.69. The van der Waals surface area contributed by atoms with Crippen LogP contribution in [0, 0.1) is 6.92 Å². The SMILES string of the molecule is Cc1ccccc1CNC(=O)c1cccc(S(=O)(=O)NCC2CCCO2)c1. The molecule has 1 heterocycles. The summed E-state index contributed by atoms with van der Waals surface area (Å²) in [5.41, 5.74) is 2.42. The Hall–Kier alpha value is -2.22. The third-order valence-electron chi connectivity index (χ3n) is 4.63. The molecular formula is C20H24N2O4S. The first-order chi connectivity index (χ1) is 13.0. The van der Waals surface area contributed by atoms with Gasteiger partial charge in [-0.15, -0.1) is 0 Å². The smallest absolute Gasteiger partial charge is 0.251 e. The van der Waals surface area contributed by atoms with Gasteiger partial charge in [0.2, 0.25) is 10.0 Å². The summed E-state index contributed by atoms with van der Waals surface area (Å²) in [6.07, 6.45) is 1.72. The monoisotopic (exact) mass is 388 g/mol. The number of aryl methyl sites for hydroxylation is 1. The highest BCUT2D eigenvalue weighted by molar-refractivity contribution is 7.89. The van der Waals surface area contributed by atoms with E-state index in [2.05, 4.69) is 10.0 Å². The molecule has 0 aromatic heterocycles. The Morgan fingerprint density at radius 3 is 2.74 bits per heavy atom. The second-order valence-electron chi connectivity index (χ2n) is 6.62. The molecule has 2 aromatic carbocycles. The molecular weight excluding hydrogens is 364 g/mol. The largest absolute Gasteiger partial charge is 0.377 e. The number of rotatable bonds is 7. The fraction of sp³-hybridized carbons (Fsp3) is 0.350. The first kappa shape index (κ1) is 19.5. The average molecular weight is 388 g/mol. The molecule has 0 spiro atoms. The van der Waals surface area contributed by atoms with Gasteiger partial charge in [-0.05, 0) is 49.1 Å². The standard InChI is InChI=1S/C20H24N2O4S/c1-15-6-2-3-7-17(15)13-21-20(23)16-8-4-10-19(12-16)27(24,25)22-14-18-9-5-11-26-18/h2-4,6-8,10,12,18,22H,5,9,11,13-14H2,1H3,(H,21,23). The van der Waals surface area contributed by atoms with E-state index in [-0.39, 0.29) is 23.5 Å². The summed E-state index contributed by atoms with van der Waals surface area (Å²) < 4.78 is 33.0. The van der Waals surface area contributed by atoms with Crippen LogP contribution in [0.3, 0.4) is 0 Å². The third-order valence-corrected chi connectivity index (χ3v) is 6.05. The fourth-order valence-corrected chi connectivity index (χ4v) is 4.09. The van der Waals surface area contributed by atoms with E-state index in [4.69, 9.17) is 4.74 Å². The number of hydrogen-bond donors (Lipinski definition) is 2. The van der Waals surface area contributed by atoms with Crippen molar-refractivity contribution in [2.75, 3.05) is 13.2 Å². The fourth-order valence-electron chi connectivity index (χ4n) is 2.98. The number of amides is 1. The summed E-state index contributed by atoms with van der Waals surface area (Å²) in [7, 11) is -3.69. The van der Waals surface area contributed by atoms with Crippen molar-refractivity contribution in [2.24, 2.45) is 0 Å². The van der Waals surface area contributed by atoms with Gasteiger partial charge in [-0.2, -0.15) is 0 Å².